The number of rotatable bonds is 24. The van der Waals surface area contributed by atoms with Gasteiger partial charge in [-0.2, -0.15) is 0 Å². The Bertz CT molecular complexity index is 1290. The second kappa shape index (κ2) is 28.0. The number of hydrogen-bond acceptors (Lipinski definition) is 7. The minimum absolute atomic E-state index is 0.0179. The Morgan fingerprint density at radius 3 is 2.03 bits per heavy atom. The molecule has 0 aromatic carbocycles. The lowest BCUT2D eigenvalue weighted by molar-refractivity contribution is -0.151. The summed E-state index contributed by atoms with van der Waals surface area (Å²) in [6.45, 7) is 18.3. The molecule has 0 unspecified atom stereocenters. The molecular formula is C52H90O7. The fourth-order valence-corrected chi connectivity index (χ4v) is 10.2. The molecule has 1 saturated heterocycles. The van der Waals surface area contributed by atoms with Crippen molar-refractivity contribution >= 4 is 5.97 Å². The Kier molecular flexibility index (Phi) is 24.5. The van der Waals surface area contributed by atoms with E-state index in [0.717, 1.165) is 56.3 Å². The monoisotopic (exact) mass is 827 g/mol. The molecule has 1 heterocycles. The van der Waals surface area contributed by atoms with E-state index < -0.39 is 24.4 Å². The third-order valence-corrected chi connectivity index (χ3v) is 14.6. The van der Waals surface area contributed by atoms with Gasteiger partial charge in [-0.1, -0.05) is 173 Å². The quantitative estimate of drug-likeness (QED) is 0.0435. The molecule has 0 spiro atoms. The number of aliphatic hydroxyl groups excluding tert-OH is 4. The summed E-state index contributed by atoms with van der Waals surface area (Å²) in [6.07, 6.45) is 34.2. The van der Waals surface area contributed by atoms with Crippen molar-refractivity contribution in [3.05, 3.63) is 47.6 Å². The van der Waals surface area contributed by atoms with E-state index in [1.807, 2.05) is 0 Å². The van der Waals surface area contributed by atoms with Crippen molar-refractivity contribution in [1.82, 2.24) is 0 Å². The maximum absolute atomic E-state index is 11.8. The molecule has 0 aromatic rings. The van der Waals surface area contributed by atoms with Crippen LogP contribution in [0.15, 0.2) is 47.6 Å². The van der Waals surface area contributed by atoms with Crippen LogP contribution in [0.4, 0.5) is 0 Å². The normalized spacial score (nSPS) is 30.1. The molecule has 59 heavy (non-hydrogen) atoms. The second-order valence-electron chi connectivity index (χ2n) is 19.7. The molecule has 3 saturated carbocycles. The van der Waals surface area contributed by atoms with Gasteiger partial charge >= 0.3 is 5.97 Å². The maximum Gasteiger partial charge on any atom is 0.305 e. The molecule has 3 aliphatic carbocycles. The van der Waals surface area contributed by atoms with Crippen molar-refractivity contribution in [2.24, 2.45) is 35.0 Å². The first-order valence-electron chi connectivity index (χ1n) is 24.5. The fraction of sp³-hybridized carbons (Fsp3) is 0.827. The largest absolute Gasteiger partial charge is 0.463 e. The Labute approximate surface area is 361 Å². The van der Waals surface area contributed by atoms with Crippen LogP contribution in [0.25, 0.3) is 0 Å². The number of carbonyl (C=O) groups excluding carboxylic acids is 1. The molecule has 0 amide bonds. The van der Waals surface area contributed by atoms with Crippen LogP contribution in [0.3, 0.4) is 0 Å². The number of aliphatic hydroxyl groups is 4. The molecule has 7 nitrogen and oxygen atoms in total. The standard InChI is InChI=1S/C28H44O.C24H46O6/c1-19(2)20(3)9-10-22(5)26-15-16-27-23(8-7-17-28(26,27)6)12-13-24-18-25(29)14-11-21(24)4;1-2-3-4-5-6-7-8-9-10-11-12-13-14-15-16-17-22(27)29-19-21(26)24-23(28)20(25)18-30-24/h9-10,12-13,19-20,22,25-27,29H,4,7-8,11,14-18H2,1-3,5-6H3;20-21,23-26,28H,2-19H2,1H3/b10-9+,23-12+,24-13-;/t20-,22+,25-,26+,27-,28+;20-,21+,23+,24+/m00/s1. The lowest BCUT2D eigenvalue weighted by Crippen LogP contribution is -2.41. The minimum atomic E-state index is -1.14. The Hall–Kier alpha value is -1.77. The molecule has 0 aromatic heterocycles. The van der Waals surface area contributed by atoms with Crippen LogP contribution in [-0.2, 0) is 14.3 Å². The van der Waals surface area contributed by atoms with Crippen LogP contribution in [0, 0.1) is 35.0 Å². The smallest absolute Gasteiger partial charge is 0.305 e. The van der Waals surface area contributed by atoms with E-state index >= 15 is 0 Å². The van der Waals surface area contributed by atoms with Crippen LogP contribution >= 0.6 is 0 Å². The van der Waals surface area contributed by atoms with Gasteiger partial charge in [-0.05, 0) is 98.4 Å². The summed E-state index contributed by atoms with van der Waals surface area (Å²) in [5.41, 5.74) is 4.61. The molecule has 4 N–H and O–H groups in total. The molecule has 0 bridgehead atoms. The highest BCUT2D eigenvalue weighted by atomic mass is 16.6. The molecule has 0 radical (unpaired) electrons. The summed E-state index contributed by atoms with van der Waals surface area (Å²) in [5, 5.41) is 39.0. The lowest BCUT2D eigenvalue weighted by Gasteiger charge is -2.44. The molecule has 4 fully saturated rings. The Balaban J connectivity index is 0.000000315. The number of esters is 1. The van der Waals surface area contributed by atoms with Crippen molar-refractivity contribution in [3.63, 3.8) is 0 Å². The van der Waals surface area contributed by atoms with Gasteiger partial charge in [0.2, 0.25) is 0 Å². The summed E-state index contributed by atoms with van der Waals surface area (Å²) < 4.78 is 10.2. The zero-order valence-electron chi connectivity index (χ0n) is 38.7. The maximum atomic E-state index is 11.8. The van der Waals surface area contributed by atoms with Crippen LogP contribution in [0.2, 0.25) is 0 Å². The number of hydrogen-bond donors (Lipinski definition) is 4. The first-order chi connectivity index (χ1) is 28.3. The summed E-state index contributed by atoms with van der Waals surface area (Å²) in [6, 6.07) is 0. The van der Waals surface area contributed by atoms with Gasteiger partial charge in [-0.3, -0.25) is 4.79 Å². The Morgan fingerprint density at radius 1 is 0.847 bits per heavy atom. The average molecular weight is 827 g/mol. The van der Waals surface area contributed by atoms with Gasteiger partial charge in [-0.25, -0.2) is 0 Å². The topological polar surface area (TPSA) is 116 Å². The highest BCUT2D eigenvalue weighted by Crippen LogP contribution is 2.59. The van der Waals surface area contributed by atoms with Crippen molar-refractivity contribution in [2.45, 2.75) is 226 Å². The average Bonchev–Trinajstić information content (AvgIpc) is 3.75. The molecule has 340 valence electrons. The van der Waals surface area contributed by atoms with E-state index in [9.17, 15) is 25.2 Å². The molecule has 1 aliphatic heterocycles. The van der Waals surface area contributed by atoms with E-state index in [1.54, 1.807) is 5.57 Å². The molecular weight excluding hydrogens is 737 g/mol. The predicted octanol–water partition coefficient (Wildman–Crippen LogP) is 11.9. The van der Waals surface area contributed by atoms with Gasteiger partial charge in [0, 0.05) is 6.42 Å². The van der Waals surface area contributed by atoms with Gasteiger partial charge in [0.05, 0.1) is 12.7 Å². The van der Waals surface area contributed by atoms with Gasteiger partial charge in [-0.15, -0.1) is 0 Å². The number of unbranched alkanes of at least 4 members (excludes halogenated alkanes) is 14. The number of allylic oxidation sites excluding steroid dienone is 6. The predicted molar refractivity (Wildman–Crippen MR) is 244 cm³/mol. The third-order valence-electron chi connectivity index (χ3n) is 14.6. The van der Waals surface area contributed by atoms with E-state index in [-0.39, 0.29) is 25.3 Å². The van der Waals surface area contributed by atoms with Gasteiger partial charge in [0.1, 0.15) is 31.0 Å². The molecule has 10 atom stereocenters. The molecule has 4 aliphatic rings. The number of carbonyl (C=O) groups is 1. The van der Waals surface area contributed by atoms with Crippen molar-refractivity contribution < 1.29 is 34.7 Å². The first kappa shape index (κ1) is 51.6. The van der Waals surface area contributed by atoms with Gasteiger partial charge in [0.15, 0.2) is 0 Å². The third kappa shape index (κ3) is 17.9. The lowest BCUT2D eigenvalue weighted by atomic mass is 9.61. The zero-order valence-corrected chi connectivity index (χ0v) is 38.7. The number of ether oxygens (including phenoxy) is 2. The van der Waals surface area contributed by atoms with Crippen LogP contribution < -0.4 is 0 Å². The SMILES string of the molecule is C=C1CC[C@H](O)C/C1=C/C=C1\CCC[C@]2(C)[C@@H]([C@H](C)/C=C/[C@H](C)C(C)C)CC[C@@H]12.CCCCCCCCCCCCCCCCCC(=O)OC[C@@H](O)[C@H]1OC[C@H](O)[C@H]1O. The second-order valence-corrected chi connectivity index (χ2v) is 19.7. The first-order valence-corrected chi connectivity index (χ1v) is 24.5. The van der Waals surface area contributed by atoms with Crippen LogP contribution in [-0.4, -0.2) is 70.1 Å². The minimum Gasteiger partial charge on any atom is -0.463 e. The van der Waals surface area contributed by atoms with Crippen LogP contribution in [0.1, 0.15) is 196 Å². The van der Waals surface area contributed by atoms with E-state index in [0.29, 0.717) is 23.7 Å². The zero-order chi connectivity index (χ0) is 43.2. The highest BCUT2D eigenvalue weighted by molar-refractivity contribution is 5.69. The summed E-state index contributed by atoms with van der Waals surface area (Å²) in [7, 11) is 0. The fourth-order valence-electron chi connectivity index (χ4n) is 10.2. The van der Waals surface area contributed by atoms with E-state index in [4.69, 9.17) is 9.47 Å². The van der Waals surface area contributed by atoms with Crippen molar-refractivity contribution in [1.29, 1.82) is 0 Å². The summed E-state index contributed by atoms with van der Waals surface area (Å²) in [5.74, 6) is 3.24. The van der Waals surface area contributed by atoms with Gasteiger partial charge < -0.3 is 29.9 Å². The van der Waals surface area contributed by atoms with Gasteiger partial charge in [0.25, 0.3) is 0 Å². The van der Waals surface area contributed by atoms with Crippen molar-refractivity contribution in [2.75, 3.05) is 13.2 Å². The highest BCUT2D eigenvalue weighted by Gasteiger charge is 2.50. The van der Waals surface area contributed by atoms with Crippen LogP contribution in [0.5, 0.6) is 0 Å². The van der Waals surface area contributed by atoms with E-state index in [1.165, 1.54) is 120 Å². The molecule has 7 heteroatoms. The van der Waals surface area contributed by atoms with E-state index in [2.05, 4.69) is 72.4 Å². The van der Waals surface area contributed by atoms with Crippen molar-refractivity contribution in [3.8, 4) is 0 Å². The Morgan fingerprint density at radius 2 is 1.46 bits per heavy atom. The summed E-state index contributed by atoms with van der Waals surface area (Å²) in [4.78, 5) is 11.8. The number of fused-ring (bicyclic) bond motifs is 1. The molecule has 4 rings (SSSR count). The summed E-state index contributed by atoms with van der Waals surface area (Å²) >= 11 is 0.